The fraction of sp³-hybridized carbons (Fsp3) is 0.0870. The van der Waals surface area contributed by atoms with Crippen molar-refractivity contribution in [1.29, 1.82) is 0 Å². The molecule has 0 bridgehead atoms. The van der Waals surface area contributed by atoms with Gasteiger partial charge < -0.3 is 19.1 Å². The molecule has 166 valence electrons. The SMILES string of the molecule is O=C(CCSc1nc(-c2ccco2)c(-c2ccco2)[nH]1)Nc1nc(-c2ccc(Br)cc2)cs1. The van der Waals surface area contributed by atoms with Crippen molar-refractivity contribution < 1.29 is 13.6 Å². The monoisotopic (exact) mass is 540 g/mol. The number of nitrogens with zero attached hydrogens (tertiary/aromatic N) is 2. The molecule has 1 amide bonds. The zero-order valence-corrected chi connectivity index (χ0v) is 20.3. The average Bonchev–Trinajstić information content (AvgIpc) is 3.61. The summed E-state index contributed by atoms with van der Waals surface area (Å²) in [6, 6.07) is 15.2. The Morgan fingerprint density at radius 2 is 1.82 bits per heavy atom. The van der Waals surface area contributed by atoms with Crippen molar-refractivity contribution in [3.05, 3.63) is 70.9 Å². The van der Waals surface area contributed by atoms with Crippen LogP contribution in [-0.2, 0) is 4.79 Å². The summed E-state index contributed by atoms with van der Waals surface area (Å²) in [5.41, 5.74) is 3.25. The van der Waals surface area contributed by atoms with E-state index in [0.29, 0.717) is 39.7 Å². The van der Waals surface area contributed by atoms with Gasteiger partial charge >= 0.3 is 0 Å². The van der Waals surface area contributed by atoms with Crippen molar-refractivity contribution in [1.82, 2.24) is 15.0 Å². The number of aromatic amines is 1. The van der Waals surface area contributed by atoms with E-state index >= 15 is 0 Å². The Hall–Kier alpha value is -3.08. The molecule has 2 N–H and O–H groups in total. The molecule has 10 heteroatoms. The van der Waals surface area contributed by atoms with Crippen molar-refractivity contribution in [2.24, 2.45) is 0 Å². The van der Waals surface area contributed by atoms with Gasteiger partial charge in [-0.15, -0.1) is 11.3 Å². The minimum Gasteiger partial charge on any atom is -0.463 e. The topological polar surface area (TPSA) is 97.0 Å². The Kier molecular flexibility index (Phi) is 6.47. The maximum atomic E-state index is 12.4. The Labute approximate surface area is 205 Å². The predicted molar refractivity (Wildman–Crippen MR) is 133 cm³/mol. The van der Waals surface area contributed by atoms with Crippen LogP contribution >= 0.6 is 39.0 Å². The number of imidazole rings is 1. The van der Waals surface area contributed by atoms with Gasteiger partial charge in [-0.05, 0) is 36.4 Å². The molecule has 4 heterocycles. The molecule has 33 heavy (non-hydrogen) atoms. The number of amides is 1. The lowest BCUT2D eigenvalue weighted by molar-refractivity contribution is -0.115. The Bertz CT molecular complexity index is 1290. The maximum absolute atomic E-state index is 12.4. The number of furan rings is 2. The van der Waals surface area contributed by atoms with Gasteiger partial charge in [0.05, 0.1) is 18.2 Å². The second-order valence-electron chi connectivity index (χ2n) is 6.91. The number of aromatic nitrogens is 3. The van der Waals surface area contributed by atoms with Crippen LogP contribution in [0, 0.1) is 0 Å². The molecule has 5 rings (SSSR count). The van der Waals surface area contributed by atoms with E-state index < -0.39 is 0 Å². The lowest BCUT2D eigenvalue weighted by atomic mass is 10.2. The number of halogens is 1. The molecule has 4 aromatic heterocycles. The maximum Gasteiger partial charge on any atom is 0.226 e. The molecule has 0 unspecified atom stereocenters. The van der Waals surface area contributed by atoms with Crippen LogP contribution < -0.4 is 5.32 Å². The first-order valence-corrected chi connectivity index (χ1v) is 12.6. The van der Waals surface area contributed by atoms with Gasteiger partial charge in [0, 0.05) is 27.6 Å². The van der Waals surface area contributed by atoms with Crippen molar-refractivity contribution in [2.75, 3.05) is 11.1 Å². The fourth-order valence-electron chi connectivity index (χ4n) is 3.12. The highest BCUT2D eigenvalue weighted by atomic mass is 79.9. The molecule has 0 aliphatic rings. The summed E-state index contributed by atoms with van der Waals surface area (Å²) in [5.74, 6) is 1.78. The normalized spacial score (nSPS) is 11.1. The van der Waals surface area contributed by atoms with Gasteiger partial charge in [0.1, 0.15) is 11.4 Å². The van der Waals surface area contributed by atoms with Gasteiger partial charge in [0.15, 0.2) is 21.8 Å². The van der Waals surface area contributed by atoms with E-state index in [2.05, 4.69) is 36.2 Å². The third-order valence-electron chi connectivity index (χ3n) is 4.66. The summed E-state index contributed by atoms with van der Waals surface area (Å²) in [4.78, 5) is 24.8. The third kappa shape index (κ3) is 5.13. The number of rotatable bonds is 8. The summed E-state index contributed by atoms with van der Waals surface area (Å²) in [7, 11) is 0. The quantitative estimate of drug-likeness (QED) is 0.207. The zero-order chi connectivity index (χ0) is 22.6. The Morgan fingerprint density at radius 1 is 1.06 bits per heavy atom. The molecule has 1 aromatic carbocycles. The number of H-pyrrole nitrogens is 1. The van der Waals surface area contributed by atoms with E-state index in [1.54, 1.807) is 12.5 Å². The van der Waals surface area contributed by atoms with E-state index in [4.69, 9.17) is 8.83 Å². The van der Waals surface area contributed by atoms with Crippen molar-refractivity contribution in [3.63, 3.8) is 0 Å². The summed E-state index contributed by atoms with van der Waals surface area (Å²) >= 11 is 6.30. The average molecular weight is 541 g/mol. The predicted octanol–water partition coefficient (Wildman–Crippen LogP) is 6.94. The van der Waals surface area contributed by atoms with Gasteiger partial charge in [-0.3, -0.25) is 4.79 Å². The minimum atomic E-state index is -0.0942. The first kappa shape index (κ1) is 21.7. The second kappa shape index (κ2) is 9.82. The third-order valence-corrected chi connectivity index (χ3v) is 6.82. The molecule has 0 fully saturated rings. The zero-order valence-electron chi connectivity index (χ0n) is 17.1. The number of hydrogen-bond donors (Lipinski definition) is 2. The number of nitrogens with one attached hydrogen (secondary N) is 2. The first-order chi connectivity index (χ1) is 16.2. The highest BCUT2D eigenvalue weighted by molar-refractivity contribution is 9.10. The number of anilines is 1. The number of hydrogen-bond acceptors (Lipinski definition) is 7. The molecule has 0 radical (unpaired) electrons. The van der Waals surface area contributed by atoms with E-state index in [0.717, 1.165) is 21.4 Å². The van der Waals surface area contributed by atoms with Crippen molar-refractivity contribution in [3.8, 4) is 34.2 Å². The van der Waals surface area contributed by atoms with Crippen molar-refractivity contribution in [2.45, 2.75) is 11.6 Å². The number of benzene rings is 1. The van der Waals surface area contributed by atoms with Gasteiger partial charge in [-0.1, -0.05) is 39.8 Å². The summed E-state index contributed by atoms with van der Waals surface area (Å²) < 4.78 is 12.1. The van der Waals surface area contributed by atoms with Crippen LogP contribution in [0.3, 0.4) is 0 Å². The summed E-state index contributed by atoms with van der Waals surface area (Å²) in [5, 5.41) is 6.08. The molecule has 0 aliphatic carbocycles. The number of carbonyl (C=O) groups is 1. The smallest absolute Gasteiger partial charge is 0.226 e. The Morgan fingerprint density at radius 3 is 2.55 bits per heavy atom. The van der Waals surface area contributed by atoms with Crippen LogP contribution in [0.5, 0.6) is 0 Å². The van der Waals surface area contributed by atoms with E-state index in [1.807, 2.05) is 53.9 Å². The summed E-state index contributed by atoms with van der Waals surface area (Å²) in [6.07, 6.45) is 3.54. The molecule has 0 saturated heterocycles. The highest BCUT2D eigenvalue weighted by Crippen LogP contribution is 2.33. The minimum absolute atomic E-state index is 0.0942. The molecule has 0 atom stereocenters. The molecule has 5 aromatic rings. The number of thiazole rings is 1. The summed E-state index contributed by atoms with van der Waals surface area (Å²) in [6.45, 7) is 0. The van der Waals surface area contributed by atoms with Crippen LogP contribution in [0.15, 0.2) is 84.9 Å². The van der Waals surface area contributed by atoms with Gasteiger partial charge in [-0.2, -0.15) is 0 Å². The van der Waals surface area contributed by atoms with Crippen LogP contribution in [-0.4, -0.2) is 26.6 Å². The standard InChI is InChI=1S/C23H17BrN4O3S2/c24-15-7-5-14(6-8-15)16-13-33-22(25-16)26-19(29)9-12-32-23-27-20(17-3-1-10-30-17)21(28-23)18-4-2-11-31-18/h1-8,10-11,13H,9,12H2,(H,27,28)(H,25,26,29). The van der Waals surface area contributed by atoms with Gasteiger partial charge in [0.25, 0.3) is 0 Å². The molecule has 0 saturated carbocycles. The Balaban J connectivity index is 1.19. The fourth-order valence-corrected chi connectivity index (χ4v) is 4.93. The van der Waals surface area contributed by atoms with Crippen LogP contribution in [0.2, 0.25) is 0 Å². The van der Waals surface area contributed by atoms with Gasteiger partial charge in [-0.25, -0.2) is 9.97 Å². The number of thioether (sulfide) groups is 1. The lowest BCUT2D eigenvalue weighted by Crippen LogP contribution is -2.12. The van der Waals surface area contributed by atoms with Crippen LogP contribution in [0.25, 0.3) is 34.2 Å². The molecule has 0 spiro atoms. The molecule has 0 aliphatic heterocycles. The van der Waals surface area contributed by atoms with Crippen LogP contribution in [0.1, 0.15) is 6.42 Å². The van der Waals surface area contributed by atoms with Crippen molar-refractivity contribution >= 4 is 50.1 Å². The van der Waals surface area contributed by atoms with E-state index in [-0.39, 0.29) is 5.91 Å². The molecule has 7 nitrogen and oxygen atoms in total. The lowest BCUT2D eigenvalue weighted by Gasteiger charge is -2.01. The second-order valence-corrected chi connectivity index (χ2v) is 9.77. The molecular formula is C23H17BrN4O3S2. The highest BCUT2D eigenvalue weighted by Gasteiger charge is 2.18. The van der Waals surface area contributed by atoms with E-state index in [9.17, 15) is 4.79 Å². The van der Waals surface area contributed by atoms with Crippen LogP contribution in [0.4, 0.5) is 5.13 Å². The van der Waals surface area contributed by atoms with E-state index in [1.165, 1.54) is 23.1 Å². The largest absolute Gasteiger partial charge is 0.463 e. The first-order valence-electron chi connectivity index (χ1n) is 9.97. The van der Waals surface area contributed by atoms with Gasteiger partial charge in [0.2, 0.25) is 5.91 Å². The molecular weight excluding hydrogens is 524 g/mol. The number of carbonyl (C=O) groups excluding carboxylic acids is 1.